The molecular formula is C25H24F2N4O3. The van der Waals surface area contributed by atoms with Gasteiger partial charge in [-0.05, 0) is 24.1 Å². The molecule has 176 valence electrons. The van der Waals surface area contributed by atoms with Crippen LogP contribution < -0.4 is 14.8 Å². The Labute approximate surface area is 195 Å². The first kappa shape index (κ1) is 23.2. The quantitative estimate of drug-likeness (QED) is 0.389. The van der Waals surface area contributed by atoms with Gasteiger partial charge in [0.15, 0.2) is 23.1 Å². The van der Waals surface area contributed by atoms with Gasteiger partial charge in [0, 0.05) is 41.8 Å². The number of methoxy groups -OCH3 is 1. The highest BCUT2D eigenvalue weighted by molar-refractivity contribution is 5.95. The van der Waals surface area contributed by atoms with Crippen LogP contribution in [0, 0.1) is 17.6 Å². The third-order valence-electron chi connectivity index (χ3n) is 5.36. The van der Waals surface area contributed by atoms with Crippen molar-refractivity contribution in [3.05, 3.63) is 78.4 Å². The molecule has 9 heteroatoms. The summed E-state index contributed by atoms with van der Waals surface area (Å²) >= 11 is 0. The minimum Gasteiger partial charge on any atom is -0.493 e. The molecule has 0 radical (unpaired) electrons. The third kappa shape index (κ3) is 4.83. The number of pyridine rings is 1. The highest BCUT2D eigenvalue weighted by Gasteiger charge is 2.26. The number of hydrogen-bond acceptors (Lipinski definition) is 5. The van der Waals surface area contributed by atoms with E-state index in [1.54, 1.807) is 35.2 Å². The van der Waals surface area contributed by atoms with Gasteiger partial charge in [0.2, 0.25) is 5.91 Å². The molecule has 1 amide bonds. The Morgan fingerprint density at radius 2 is 1.91 bits per heavy atom. The molecule has 2 heterocycles. The normalized spacial score (nSPS) is 12.1. The number of imidazole rings is 1. The summed E-state index contributed by atoms with van der Waals surface area (Å²) in [6, 6.07) is 10.1. The predicted octanol–water partition coefficient (Wildman–Crippen LogP) is 5.13. The highest BCUT2D eigenvalue weighted by Crippen LogP contribution is 2.32. The summed E-state index contributed by atoms with van der Waals surface area (Å²) in [6.45, 7) is 4.01. The first-order chi connectivity index (χ1) is 16.4. The van der Waals surface area contributed by atoms with Crippen LogP contribution in [0.15, 0.2) is 61.2 Å². The maximum absolute atomic E-state index is 13.9. The molecule has 4 aromatic rings. The topological polar surface area (TPSA) is 78.3 Å². The fraction of sp³-hybridized carbons (Fsp3) is 0.240. The van der Waals surface area contributed by atoms with E-state index < -0.39 is 17.7 Å². The van der Waals surface area contributed by atoms with E-state index >= 15 is 0 Å². The number of halogens is 2. The van der Waals surface area contributed by atoms with Crippen LogP contribution in [0.5, 0.6) is 11.5 Å². The standard InChI is InChI=1S/C25H24F2N4O3/c1-15(2)24(31-14-29-20-10-18(26)19(27)11-21(20)31)25(32)30-17-6-7-22(33-3)23(9-17)34-13-16-5-4-8-28-12-16/h4-12,14-15,24H,13H2,1-3H3,(H,30,32). The summed E-state index contributed by atoms with van der Waals surface area (Å²) in [5.74, 6) is -1.51. The number of aromatic nitrogens is 3. The van der Waals surface area contributed by atoms with Crippen LogP contribution in [-0.4, -0.2) is 27.6 Å². The van der Waals surface area contributed by atoms with E-state index in [0.717, 1.165) is 17.7 Å². The zero-order valence-electron chi connectivity index (χ0n) is 19.0. The number of hydrogen-bond donors (Lipinski definition) is 1. The van der Waals surface area contributed by atoms with Gasteiger partial charge in [0.25, 0.3) is 0 Å². The van der Waals surface area contributed by atoms with Gasteiger partial charge in [-0.2, -0.15) is 0 Å². The molecule has 0 fully saturated rings. The molecule has 0 aliphatic carbocycles. The van der Waals surface area contributed by atoms with E-state index in [1.807, 2.05) is 26.0 Å². The van der Waals surface area contributed by atoms with Crippen molar-refractivity contribution in [2.75, 3.05) is 12.4 Å². The lowest BCUT2D eigenvalue weighted by Crippen LogP contribution is -2.29. The SMILES string of the molecule is COc1ccc(NC(=O)C(C(C)C)n2cnc3cc(F)c(F)cc32)cc1OCc1cccnc1. The number of amides is 1. The number of benzene rings is 2. The zero-order valence-corrected chi connectivity index (χ0v) is 19.0. The van der Waals surface area contributed by atoms with Gasteiger partial charge in [-0.15, -0.1) is 0 Å². The van der Waals surface area contributed by atoms with Gasteiger partial charge in [-0.1, -0.05) is 19.9 Å². The number of ether oxygens (including phenoxy) is 2. The lowest BCUT2D eigenvalue weighted by atomic mass is 10.0. The highest BCUT2D eigenvalue weighted by atomic mass is 19.2. The predicted molar refractivity (Wildman–Crippen MR) is 124 cm³/mol. The summed E-state index contributed by atoms with van der Waals surface area (Å²) < 4.78 is 40.3. The minimum atomic E-state index is -0.997. The smallest absolute Gasteiger partial charge is 0.247 e. The van der Waals surface area contributed by atoms with Crippen LogP contribution in [0.2, 0.25) is 0 Å². The van der Waals surface area contributed by atoms with Crippen LogP contribution in [0.4, 0.5) is 14.5 Å². The lowest BCUT2D eigenvalue weighted by molar-refractivity contribution is -0.120. The summed E-state index contributed by atoms with van der Waals surface area (Å²) in [5.41, 5.74) is 1.99. The second kappa shape index (κ2) is 9.86. The molecule has 0 spiro atoms. The van der Waals surface area contributed by atoms with Gasteiger partial charge >= 0.3 is 0 Å². The zero-order chi connectivity index (χ0) is 24.2. The van der Waals surface area contributed by atoms with Crippen molar-refractivity contribution >= 4 is 22.6 Å². The van der Waals surface area contributed by atoms with Gasteiger partial charge in [0.1, 0.15) is 12.6 Å². The molecule has 0 bridgehead atoms. The molecule has 34 heavy (non-hydrogen) atoms. The van der Waals surface area contributed by atoms with Crippen molar-refractivity contribution < 1.29 is 23.0 Å². The van der Waals surface area contributed by atoms with E-state index in [1.165, 1.54) is 13.4 Å². The molecule has 4 rings (SSSR count). The third-order valence-corrected chi connectivity index (χ3v) is 5.36. The van der Waals surface area contributed by atoms with Crippen molar-refractivity contribution in [2.24, 2.45) is 5.92 Å². The number of carbonyl (C=O) groups excluding carboxylic acids is 1. The van der Waals surface area contributed by atoms with Crippen LogP contribution in [0.3, 0.4) is 0 Å². The van der Waals surface area contributed by atoms with Crippen LogP contribution in [0.1, 0.15) is 25.5 Å². The van der Waals surface area contributed by atoms with E-state index in [2.05, 4.69) is 15.3 Å². The van der Waals surface area contributed by atoms with E-state index in [4.69, 9.17) is 9.47 Å². The molecule has 1 unspecified atom stereocenters. The number of anilines is 1. The van der Waals surface area contributed by atoms with Gasteiger partial charge < -0.3 is 19.4 Å². The Bertz CT molecular complexity index is 1310. The number of rotatable bonds is 8. The van der Waals surface area contributed by atoms with Crippen molar-refractivity contribution in [1.29, 1.82) is 0 Å². The Balaban J connectivity index is 1.58. The molecule has 0 saturated heterocycles. The molecule has 1 atom stereocenters. The summed E-state index contributed by atoms with van der Waals surface area (Å²) in [4.78, 5) is 21.5. The molecule has 0 aliphatic heterocycles. The Hall–Kier alpha value is -4.01. The van der Waals surface area contributed by atoms with Gasteiger partial charge in [-0.3, -0.25) is 9.78 Å². The van der Waals surface area contributed by atoms with Gasteiger partial charge in [-0.25, -0.2) is 13.8 Å². The Morgan fingerprint density at radius 1 is 1.12 bits per heavy atom. The van der Waals surface area contributed by atoms with Crippen molar-refractivity contribution in [2.45, 2.75) is 26.5 Å². The first-order valence-corrected chi connectivity index (χ1v) is 10.7. The van der Waals surface area contributed by atoms with Crippen molar-refractivity contribution in [1.82, 2.24) is 14.5 Å². The van der Waals surface area contributed by atoms with Crippen LogP contribution in [0.25, 0.3) is 11.0 Å². The second-order valence-corrected chi connectivity index (χ2v) is 8.10. The maximum atomic E-state index is 13.9. The lowest BCUT2D eigenvalue weighted by Gasteiger charge is -2.23. The first-order valence-electron chi connectivity index (χ1n) is 10.7. The molecule has 1 N–H and O–H groups in total. The molecule has 0 aliphatic rings. The maximum Gasteiger partial charge on any atom is 0.247 e. The van der Waals surface area contributed by atoms with Crippen LogP contribution in [-0.2, 0) is 11.4 Å². The van der Waals surface area contributed by atoms with Gasteiger partial charge in [0.05, 0.1) is 24.5 Å². The molecule has 0 saturated carbocycles. The average molecular weight is 466 g/mol. The number of carbonyl (C=O) groups is 1. The van der Waals surface area contributed by atoms with Crippen molar-refractivity contribution in [3.8, 4) is 11.5 Å². The summed E-state index contributed by atoms with van der Waals surface area (Å²) in [5, 5.41) is 2.89. The molecule has 2 aromatic carbocycles. The molecule has 2 aromatic heterocycles. The largest absolute Gasteiger partial charge is 0.493 e. The Kier molecular flexibility index (Phi) is 6.72. The fourth-order valence-corrected chi connectivity index (χ4v) is 3.72. The number of nitrogens with zero attached hydrogens (tertiary/aromatic N) is 3. The summed E-state index contributed by atoms with van der Waals surface area (Å²) in [7, 11) is 1.53. The van der Waals surface area contributed by atoms with E-state index in [0.29, 0.717) is 22.7 Å². The monoisotopic (exact) mass is 466 g/mol. The Morgan fingerprint density at radius 3 is 2.62 bits per heavy atom. The minimum absolute atomic E-state index is 0.162. The fourth-order valence-electron chi connectivity index (χ4n) is 3.72. The molecular weight excluding hydrogens is 442 g/mol. The van der Waals surface area contributed by atoms with Crippen molar-refractivity contribution in [3.63, 3.8) is 0 Å². The summed E-state index contributed by atoms with van der Waals surface area (Å²) in [6.07, 6.45) is 4.81. The average Bonchev–Trinajstić information content (AvgIpc) is 3.20. The van der Waals surface area contributed by atoms with E-state index in [-0.39, 0.29) is 23.9 Å². The molecule has 7 nitrogen and oxygen atoms in total. The van der Waals surface area contributed by atoms with Crippen LogP contribution >= 0.6 is 0 Å². The number of nitrogens with one attached hydrogen (secondary N) is 1. The second-order valence-electron chi connectivity index (χ2n) is 8.10. The number of fused-ring (bicyclic) bond motifs is 1. The van der Waals surface area contributed by atoms with E-state index in [9.17, 15) is 13.6 Å².